The van der Waals surface area contributed by atoms with E-state index in [0.29, 0.717) is 12.5 Å². The third kappa shape index (κ3) is 9.05. The van der Waals surface area contributed by atoms with E-state index >= 15 is 0 Å². The zero-order chi connectivity index (χ0) is 17.9. The number of benzene rings is 2. The van der Waals surface area contributed by atoms with Crippen LogP contribution in [-0.2, 0) is 4.74 Å². The van der Waals surface area contributed by atoms with Crippen molar-refractivity contribution in [3.63, 3.8) is 0 Å². The maximum Gasteiger partial charge on any atom is 0.193 e. The van der Waals surface area contributed by atoms with Gasteiger partial charge in [-0.3, -0.25) is 4.99 Å². The lowest BCUT2D eigenvalue weighted by atomic mass is 10.3. The summed E-state index contributed by atoms with van der Waals surface area (Å²) in [6, 6.07) is 17.3. The minimum absolute atomic E-state index is 0. The molecule has 3 N–H and O–H groups in total. The highest BCUT2D eigenvalue weighted by molar-refractivity contribution is 14.0. The van der Waals surface area contributed by atoms with Crippen molar-refractivity contribution in [1.82, 2.24) is 0 Å². The molecule has 0 atom stereocenters. The Morgan fingerprint density at radius 1 is 1.04 bits per heavy atom. The number of aliphatic imine (C=N–C) groups is 1. The molecule has 2 aromatic rings. The summed E-state index contributed by atoms with van der Waals surface area (Å²) in [5.41, 5.74) is 6.78. The highest BCUT2D eigenvalue weighted by Gasteiger charge is 2.00. The molecule has 0 aliphatic heterocycles. The van der Waals surface area contributed by atoms with Crippen LogP contribution in [0.15, 0.2) is 59.6 Å². The van der Waals surface area contributed by atoms with Gasteiger partial charge in [0.25, 0.3) is 0 Å². The Morgan fingerprint density at radius 2 is 1.77 bits per heavy atom. The average Bonchev–Trinajstić information content (AvgIpc) is 2.59. The van der Waals surface area contributed by atoms with Crippen LogP contribution in [0, 0.1) is 0 Å². The summed E-state index contributed by atoms with van der Waals surface area (Å²) in [6.07, 6.45) is 2.21. The summed E-state index contributed by atoms with van der Waals surface area (Å²) < 4.78 is 11.3. The van der Waals surface area contributed by atoms with E-state index in [2.05, 4.69) is 10.3 Å². The fourth-order valence-electron chi connectivity index (χ4n) is 2.18. The van der Waals surface area contributed by atoms with Gasteiger partial charge in [0, 0.05) is 24.9 Å². The molecule has 5 nitrogen and oxygen atoms in total. The molecule has 0 spiro atoms. The fraction of sp³-hybridized carbons (Fsp3) is 0.350. The number of unbranched alkanes of at least 4 members (excludes halogenated alkanes) is 1. The van der Waals surface area contributed by atoms with Crippen LogP contribution in [-0.4, -0.2) is 25.2 Å². The average molecular weight is 469 g/mol. The minimum atomic E-state index is 0. The Morgan fingerprint density at radius 3 is 2.50 bits per heavy atom. The van der Waals surface area contributed by atoms with E-state index in [1.807, 2.05) is 68.4 Å². The van der Waals surface area contributed by atoms with Gasteiger partial charge in [0.1, 0.15) is 11.5 Å². The van der Waals surface area contributed by atoms with E-state index in [0.717, 1.165) is 36.6 Å². The van der Waals surface area contributed by atoms with Crippen molar-refractivity contribution < 1.29 is 9.47 Å². The van der Waals surface area contributed by atoms with Gasteiger partial charge in [-0.25, -0.2) is 0 Å². The van der Waals surface area contributed by atoms with E-state index in [-0.39, 0.29) is 30.1 Å². The highest BCUT2D eigenvalue weighted by atomic mass is 127. The molecule has 6 heteroatoms. The Labute approximate surface area is 173 Å². The summed E-state index contributed by atoms with van der Waals surface area (Å²) in [6.45, 7) is 5.52. The molecular weight excluding hydrogens is 441 g/mol. The number of halogens is 1. The number of anilines is 1. The molecule has 2 rings (SSSR count). The van der Waals surface area contributed by atoms with Gasteiger partial charge in [0.15, 0.2) is 5.96 Å². The van der Waals surface area contributed by atoms with Crippen LogP contribution >= 0.6 is 24.0 Å². The molecule has 0 bridgehead atoms. The first-order valence-corrected chi connectivity index (χ1v) is 8.65. The zero-order valence-corrected chi connectivity index (χ0v) is 17.7. The van der Waals surface area contributed by atoms with Crippen molar-refractivity contribution in [2.45, 2.75) is 32.8 Å². The smallest absolute Gasteiger partial charge is 0.193 e. The molecule has 0 saturated heterocycles. The lowest BCUT2D eigenvalue weighted by Crippen LogP contribution is -2.22. The molecule has 0 radical (unpaired) electrons. The third-order valence-electron chi connectivity index (χ3n) is 3.37. The molecule has 0 aliphatic rings. The van der Waals surface area contributed by atoms with Crippen molar-refractivity contribution >= 4 is 35.6 Å². The molecule has 142 valence electrons. The number of nitrogens with one attached hydrogen (secondary N) is 1. The first-order valence-electron chi connectivity index (χ1n) is 8.65. The molecule has 0 heterocycles. The number of nitrogens with two attached hydrogens (primary N) is 1. The molecule has 0 unspecified atom stereocenters. The van der Waals surface area contributed by atoms with Gasteiger partial charge in [-0.15, -0.1) is 24.0 Å². The predicted octanol–water partition coefficient (Wildman–Crippen LogP) is 5.03. The quantitative estimate of drug-likeness (QED) is 0.234. The number of guanidine groups is 1. The van der Waals surface area contributed by atoms with Crippen LogP contribution in [0.5, 0.6) is 11.5 Å². The lowest BCUT2D eigenvalue weighted by molar-refractivity contribution is 0.0764. The summed E-state index contributed by atoms with van der Waals surface area (Å²) in [5, 5.41) is 3.09. The Balaban J connectivity index is 0.00000338. The number of hydrogen-bond acceptors (Lipinski definition) is 3. The molecule has 2 aromatic carbocycles. The SMILES string of the molecule is CC(C)OCCCCN=C(N)Nc1cccc(Oc2ccccc2)c1.I. The summed E-state index contributed by atoms with van der Waals surface area (Å²) in [5.74, 6) is 1.95. The first kappa shape index (κ1) is 22.2. The maximum atomic E-state index is 5.94. The van der Waals surface area contributed by atoms with Crippen LogP contribution in [0.3, 0.4) is 0 Å². The first-order chi connectivity index (χ1) is 12.1. The van der Waals surface area contributed by atoms with Gasteiger partial charge >= 0.3 is 0 Å². The number of nitrogens with zero attached hydrogens (tertiary/aromatic N) is 1. The van der Waals surface area contributed by atoms with Gasteiger partial charge in [-0.2, -0.15) is 0 Å². The molecule has 0 aromatic heterocycles. The molecule has 0 fully saturated rings. The molecule has 0 aliphatic carbocycles. The van der Waals surface area contributed by atoms with E-state index in [9.17, 15) is 0 Å². The van der Waals surface area contributed by atoms with Crippen molar-refractivity contribution in [2.24, 2.45) is 10.7 Å². The topological polar surface area (TPSA) is 68.9 Å². The van der Waals surface area contributed by atoms with Gasteiger partial charge in [-0.1, -0.05) is 24.3 Å². The second-order valence-corrected chi connectivity index (χ2v) is 5.96. The van der Waals surface area contributed by atoms with Crippen LogP contribution in [0.25, 0.3) is 0 Å². The highest BCUT2D eigenvalue weighted by Crippen LogP contribution is 2.23. The summed E-state index contributed by atoms with van der Waals surface area (Å²) >= 11 is 0. The van der Waals surface area contributed by atoms with E-state index in [1.165, 1.54) is 0 Å². The van der Waals surface area contributed by atoms with Crippen LogP contribution in [0.2, 0.25) is 0 Å². The molecule has 0 amide bonds. The number of rotatable bonds is 9. The number of para-hydroxylation sites is 1. The summed E-state index contributed by atoms with van der Waals surface area (Å²) in [4.78, 5) is 4.34. The van der Waals surface area contributed by atoms with Gasteiger partial charge < -0.3 is 20.5 Å². The van der Waals surface area contributed by atoms with Gasteiger partial charge in [0.2, 0.25) is 0 Å². The molecule has 26 heavy (non-hydrogen) atoms. The zero-order valence-electron chi connectivity index (χ0n) is 15.4. The van der Waals surface area contributed by atoms with Crippen LogP contribution in [0.4, 0.5) is 5.69 Å². The van der Waals surface area contributed by atoms with Crippen molar-refractivity contribution in [2.75, 3.05) is 18.5 Å². The fourth-order valence-corrected chi connectivity index (χ4v) is 2.18. The van der Waals surface area contributed by atoms with Gasteiger partial charge in [-0.05, 0) is 51.0 Å². The predicted molar refractivity (Wildman–Crippen MR) is 119 cm³/mol. The molecular formula is C20H28IN3O2. The van der Waals surface area contributed by atoms with Gasteiger partial charge in [0.05, 0.1) is 6.10 Å². The Bertz CT molecular complexity index is 663. The number of hydrogen-bond donors (Lipinski definition) is 2. The summed E-state index contributed by atoms with van der Waals surface area (Å²) in [7, 11) is 0. The second kappa shape index (κ2) is 12.5. The van der Waals surface area contributed by atoms with Crippen molar-refractivity contribution in [1.29, 1.82) is 0 Å². The maximum absolute atomic E-state index is 5.94. The number of ether oxygens (including phenoxy) is 2. The Hall–Kier alpha value is -1.80. The molecule has 0 saturated carbocycles. The van der Waals surface area contributed by atoms with Crippen LogP contribution in [0.1, 0.15) is 26.7 Å². The van der Waals surface area contributed by atoms with Crippen molar-refractivity contribution in [3.8, 4) is 11.5 Å². The van der Waals surface area contributed by atoms with E-state index in [4.69, 9.17) is 15.2 Å². The van der Waals surface area contributed by atoms with E-state index < -0.39 is 0 Å². The third-order valence-corrected chi connectivity index (χ3v) is 3.37. The lowest BCUT2D eigenvalue weighted by Gasteiger charge is -2.09. The normalized spacial score (nSPS) is 11.1. The minimum Gasteiger partial charge on any atom is -0.457 e. The largest absolute Gasteiger partial charge is 0.457 e. The van der Waals surface area contributed by atoms with Crippen molar-refractivity contribution in [3.05, 3.63) is 54.6 Å². The van der Waals surface area contributed by atoms with Crippen LogP contribution < -0.4 is 15.8 Å². The monoisotopic (exact) mass is 469 g/mol. The standard InChI is InChI=1S/C20H27N3O2.HI/c1-16(2)24-14-7-6-13-22-20(21)23-17-9-8-12-19(15-17)25-18-10-4-3-5-11-18;/h3-5,8-12,15-16H,6-7,13-14H2,1-2H3,(H3,21,22,23);1H. The second-order valence-electron chi connectivity index (χ2n) is 5.96. The van der Waals surface area contributed by atoms with E-state index in [1.54, 1.807) is 0 Å². The Kier molecular flexibility index (Phi) is 10.7.